The molecule has 3 aromatic rings. The predicted molar refractivity (Wildman–Crippen MR) is 76.5 cm³/mol. The highest BCUT2D eigenvalue weighted by Crippen LogP contribution is 2.21. The maximum absolute atomic E-state index is 5.36. The number of para-hydroxylation sites is 1. The summed E-state index contributed by atoms with van der Waals surface area (Å²) in [6.07, 6.45) is 2.65. The first-order chi connectivity index (χ1) is 9.28. The summed E-state index contributed by atoms with van der Waals surface area (Å²) >= 11 is 3.46. The Labute approximate surface area is 119 Å². The van der Waals surface area contributed by atoms with Crippen LogP contribution in [0.5, 0.6) is 5.75 Å². The molecule has 3 rings (SSSR count). The lowest BCUT2D eigenvalue weighted by Gasteiger charge is -2.07. The average molecular weight is 318 g/mol. The first-order valence-corrected chi connectivity index (χ1v) is 6.68. The molecule has 0 atom stereocenters. The van der Waals surface area contributed by atoms with E-state index < -0.39 is 0 Å². The molecule has 0 aliphatic heterocycles. The van der Waals surface area contributed by atoms with E-state index in [0.717, 1.165) is 27.3 Å². The molecule has 4 nitrogen and oxygen atoms in total. The zero-order valence-electron chi connectivity index (χ0n) is 10.4. The van der Waals surface area contributed by atoms with Crippen LogP contribution >= 0.6 is 15.9 Å². The molecule has 1 aromatic carbocycles. The molecule has 0 aliphatic rings. The molecule has 0 amide bonds. The Balaban J connectivity index is 2.03. The third-order valence-corrected chi connectivity index (χ3v) is 3.45. The van der Waals surface area contributed by atoms with Gasteiger partial charge < -0.3 is 4.74 Å². The normalized spacial score (nSPS) is 10.8. The van der Waals surface area contributed by atoms with Gasteiger partial charge in [-0.1, -0.05) is 18.2 Å². The van der Waals surface area contributed by atoms with Gasteiger partial charge in [0, 0.05) is 22.7 Å². The fourth-order valence-electron chi connectivity index (χ4n) is 2.05. The van der Waals surface area contributed by atoms with Crippen LogP contribution < -0.4 is 4.74 Å². The second-order valence-corrected chi connectivity index (χ2v) is 5.10. The predicted octanol–water partition coefficient (Wildman–Crippen LogP) is 3.09. The van der Waals surface area contributed by atoms with Crippen molar-refractivity contribution < 1.29 is 4.74 Å². The van der Waals surface area contributed by atoms with E-state index in [-0.39, 0.29) is 0 Å². The fourth-order valence-corrected chi connectivity index (χ4v) is 2.39. The lowest BCUT2D eigenvalue weighted by molar-refractivity contribution is 0.410. The topological polar surface area (TPSA) is 39.4 Å². The summed E-state index contributed by atoms with van der Waals surface area (Å²) < 4.78 is 8.35. The molecular formula is C14H12BrN3O. The van der Waals surface area contributed by atoms with E-state index in [1.54, 1.807) is 7.11 Å². The van der Waals surface area contributed by atoms with Crippen LogP contribution in [0.15, 0.2) is 47.1 Å². The van der Waals surface area contributed by atoms with E-state index in [9.17, 15) is 0 Å². The average Bonchev–Trinajstić information content (AvgIpc) is 2.82. The highest BCUT2D eigenvalue weighted by atomic mass is 79.9. The van der Waals surface area contributed by atoms with Gasteiger partial charge in [0.25, 0.3) is 0 Å². The molecule has 2 aromatic heterocycles. The Kier molecular flexibility index (Phi) is 3.21. The summed E-state index contributed by atoms with van der Waals surface area (Å²) in [4.78, 5) is 0. The van der Waals surface area contributed by atoms with Gasteiger partial charge in [-0.25, -0.2) is 0 Å². The Morgan fingerprint density at radius 3 is 2.84 bits per heavy atom. The van der Waals surface area contributed by atoms with Gasteiger partial charge >= 0.3 is 0 Å². The van der Waals surface area contributed by atoms with E-state index in [4.69, 9.17) is 4.74 Å². The monoisotopic (exact) mass is 317 g/mol. The number of methoxy groups -OCH3 is 1. The molecule has 0 unspecified atom stereocenters. The van der Waals surface area contributed by atoms with Gasteiger partial charge in [0.1, 0.15) is 11.6 Å². The molecule has 2 heterocycles. The van der Waals surface area contributed by atoms with Crippen LogP contribution in [0.2, 0.25) is 0 Å². The highest BCUT2D eigenvalue weighted by molar-refractivity contribution is 9.10. The molecule has 5 heteroatoms. The molecule has 0 aliphatic carbocycles. The van der Waals surface area contributed by atoms with Crippen molar-refractivity contribution >= 4 is 21.6 Å². The molecule has 0 radical (unpaired) electrons. The van der Waals surface area contributed by atoms with Crippen molar-refractivity contribution in [3.05, 3.63) is 58.5 Å². The lowest BCUT2D eigenvalue weighted by atomic mass is 10.1. The van der Waals surface area contributed by atoms with E-state index in [1.165, 1.54) is 0 Å². The summed E-state index contributed by atoms with van der Waals surface area (Å²) in [5.41, 5.74) is 1.94. The quantitative estimate of drug-likeness (QED) is 0.745. The van der Waals surface area contributed by atoms with Crippen LogP contribution in [-0.2, 0) is 6.42 Å². The lowest BCUT2D eigenvalue weighted by Crippen LogP contribution is -1.98. The Hall–Kier alpha value is -1.88. The van der Waals surface area contributed by atoms with Gasteiger partial charge in [0.15, 0.2) is 5.65 Å². The Morgan fingerprint density at radius 2 is 2.00 bits per heavy atom. The smallest absolute Gasteiger partial charge is 0.160 e. The molecule has 0 spiro atoms. The van der Waals surface area contributed by atoms with Crippen molar-refractivity contribution in [1.29, 1.82) is 0 Å². The largest absolute Gasteiger partial charge is 0.496 e. The summed E-state index contributed by atoms with van der Waals surface area (Å²) in [7, 11) is 1.68. The van der Waals surface area contributed by atoms with Gasteiger partial charge in [0.05, 0.1) is 7.11 Å². The molecule has 96 valence electrons. The number of aromatic nitrogens is 3. The third-order valence-electron chi connectivity index (χ3n) is 2.98. The van der Waals surface area contributed by atoms with Crippen molar-refractivity contribution in [1.82, 2.24) is 14.6 Å². The SMILES string of the molecule is COc1ccccc1Cc1nnc2ccc(Br)cn12. The minimum absolute atomic E-state index is 0.682. The molecule has 0 bridgehead atoms. The molecule has 19 heavy (non-hydrogen) atoms. The maximum atomic E-state index is 5.36. The molecule has 0 saturated heterocycles. The third kappa shape index (κ3) is 2.33. The van der Waals surface area contributed by atoms with Crippen molar-refractivity contribution in [2.45, 2.75) is 6.42 Å². The van der Waals surface area contributed by atoms with Gasteiger partial charge in [-0.05, 0) is 34.1 Å². The van der Waals surface area contributed by atoms with E-state index in [0.29, 0.717) is 6.42 Å². The van der Waals surface area contributed by atoms with E-state index >= 15 is 0 Å². The van der Waals surface area contributed by atoms with E-state index in [2.05, 4.69) is 26.1 Å². The van der Waals surface area contributed by atoms with E-state index in [1.807, 2.05) is 47.0 Å². The fraction of sp³-hybridized carbons (Fsp3) is 0.143. The minimum Gasteiger partial charge on any atom is -0.496 e. The number of fused-ring (bicyclic) bond motifs is 1. The van der Waals surface area contributed by atoms with Crippen LogP contribution in [0.3, 0.4) is 0 Å². The highest BCUT2D eigenvalue weighted by Gasteiger charge is 2.09. The van der Waals surface area contributed by atoms with Crippen molar-refractivity contribution in [3.63, 3.8) is 0 Å². The second kappa shape index (κ2) is 5.01. The number of pyridine rings is 1. The van der Waals surface area contributed by atoms with Crippen LogP contribution in [0, 0.1) is 0 Å². The van der Waals surface area contributed by atoms with Crippen molar-refractivity contribution in [2.24, 2.45) is 0 Å². The number of halogens is 1. The number of hydrogen-bond donors (Lipinski definition) is 0. The standard InChI is InChI=1S/C14H12BrN3O/c1-19-12-5-3-2-4-10(12)8-14-17-16-13-7-6-11(15)9-18(13)14/h2-7,9H,8H2,1H3. The van der Waals surface area contributed by atoms with Crippen LogP contribution in [0.4, 0.5) is 0 Å². The summed E-state index contributed by atoms with van der Waals surface area (Å²) in [5.74, 6) is 1.76. The number of rotatable bonds is 3. The van der Waals surface area contributed by atoms with Gasteiger partial charge in [0.2, 0.25) is 0 Å². The van der Waals surface area contributed by atoms with Gasteiger partial charge in [-0.2, -0.15) is 0 Å². The first kappa shape index (κ1) is 12.2. The summed E-state index contributed by atoms with van der Waals surface area (Å²) in [5, 5.41) is 8.41. The van der Waals surface area contributed by atoms with Gasteiger partial charge in [-0.15, -0.1) is 10.2 Å². The molecule has 0 saturated carbocycles. The van der Waals surface area contributed by atoms with Crippen LogP contribution in [0.25, 0.3) is 5.65 Å². The Morgan fingerprint density at radius 1 is 1.16 bits per heavy atom. The number of hydrogen-bond acceptors (Lipinski definition) is 3. The number of ether oxygens (including phenoxy) is 1. The summed E-state index contributed by atoms with van der Waals surface area (Å²) in [6, 6.07) is 11.8. The first-order valence-electron chi connectivity index (χ1n) is 5.89. The van der Waals surface area contributed by atoms with Crippen LogP contribution in [0.1, 0.15) is 11.4 Å². The van der Waals surface area contributed by atoms with Crippen LogP contribution in [-0.4, -0.2) is 21.7 Å². The minimum atomic E-state index is 0.682. The zero-order valence-corrected chi connectivity index (χ0v) is 12.0. The number of benzene rings is 1. The number of nitrogens with zero attached hydrogens (tertiary/aromatic N) is 3. The van der Waals surface area contributed by atoms with Crippen molar-refractivity contribution in [2.75, 3.05) is 7.11 Å². The van der Waals surface area contributed by atoms with Gasteiger partial charge in [-0.3, -0.25) is 4.40 Å². The maximum Gasteiger partial charge on any atom is 0.160 e. The zero-order chi connectivity index (χ0) is 13.2. The molecule has 0 N–H and O–H groups in total. The summed E-state index contributed by atoms with van der Waals surface area (Å²) in [6.45, 7) is 0. The second-order valence-electron chi connectivity index (χ2n) is 4.18. The Bertz CT molecular complexity index is 724. The molecular weight excluding hydrogens is 306 g/mol. The van der Waals surface area contributed by atoms with Crippen molar-refractivity contribution in [3.8, 4) is 5.75 Å². The molecule has 0 fully saturated rings.